The summed E-state index contributed by atoms with van der Waals surface area (Å²) in [5.74, 6) is -1.71. The number of aromatic nitrogens is 1. The molecule has 1 aromatic heterocycles. The molecule has 1 atom stereocenters. The van der Waals surface area contributed by atoms with Gasteiger partial charge in [0.25, 0.3) is 5.91 Å². The third-order valence-corrected chi connectivity index (χ3v) is 4.58. The lowest BCUT2D eigenvalue weighted by Crippen LogP contribution is -2.47. The van der Waals surface area contributed by atoms with Crippen molar-refractivity contribution in [1.29, 1.82) is 0 Å². The molecule has 1 aliphatic rings. The van der Waals surface area contributed by atoms with Gasteiger partial charge in [0, 0.05) is 18.4 Å². The molecule has 1 saturated heterocycles. The van der Waals surface area contributed by atoms with E-state index in [1.807, 2.05) is 0 Å². The van der Waals surface area contributed by atoms with Crippen molar-refractivity contribution >= 4 is 35.1 Å². The first-order valence-electron chi connectivity index (χ1n) is 8.23. The first-order valence-corrected chi connectivity index (χ1v) is 8.61. The molecule has 29 heavy (non-hydrogen) atoms. The zero-order valence-corrected chi connectivity index (χ0v) is 15.9. The Morgan fingerprint density at radius 3 is 2.62 bits per heavy atom. The van der Waals surface area contributed by atoms with E-state index in [0.717, 1.165) is 21.9 Å². The van der Waals surface area contributed by atoms with Crippen molar-refractivity contribution in [2.75, 3.05) is 23.5 Å². The lowest BCUT2D eigenvalue weighted by Gasteiger charge is -2.26. The summed E-state index contributed by atoms with van der Waals surface area (Å²) in [6.45, 7) is 0.956. The SMILES string of the molecule is Cc1cc(C(F)(F)F)cc(N2C(=O)OCC2C(=O)N(C)c2ccc(F)c(Cl)c2)n1. The van der Waals surface area contributed by atoms with E-state index in [0.29, 0.717) is 6.07 Å². The van der Waals surface area contributed by atoms with Gasteiger partial charge in [-0.05, 0) is 37.3 Å². The van der Waals surface area contributed by atoms with Crippen molar-refractivity contribution in [1.82, 2.24) is 4.98 Å². The largest absolute Gasteiger partial charge is 0.446 e. The second-order valence-corrected chi connectivity index (χ2v) is 6.72. The van der Waals surface area contributed by atoms with Gasteiger partial charge < -0.3 is 9.64 Å². The fraction of sp³-hybridized carbons (Fsp3) is 0.278. The number of carbonyl (C=O) groups excluding carboxylic acids is 2. The Morgan fingerprint density at radius 1 is 1.31 bits per heavy atom. The average molecular weight is 432 g/mol. The van der Waals surface area contributed by atoms with Gasteiger partial charge in [-0.25, -0.2) is 19.1 Å². The highest BCUT2D eigenvalue weighted by atomic mass is 35.5. The summed E-state index contributed by atoms with van der Waals surface area (Å²) >= 11 is 5.73. The van der Waals surface area contributed by atoms with Gasteiger partial charge >= 0.3 is 12.3 Å². The van der Waals surface area contributed by atoms with Crippen molar-refractivity contribution in [2.45, 2.75) is 19.1 Å². The van der Waals surface area contributed by atoms with Gasteiger partial charge in [0.05, 0.1) is 10.6 Å². The van der Waals surface area contributed by atoms with Crippen LogP contribution >= 0.6 is 11.6 Å². The average Bonchev–Trinajstić information content (AvgIpc) is 3.03. The number of hydrogen-bond acceptors (Lipinski definition) is 4. The first-order chi connectivity index (χ1) is 13.5. The predicted molar refractivity (Wildman–Crippen MR) is 96.4 cm³/mol. The van der Waals surface area contributed by atoms with E-state index in [-0.39, 0.29) is 28.8 Å². The molecular formula is C18H14ClF4N3O3. The molecule has 3 rings (SSSR count). The van der Waals surface area contributed by atoms with Crippen molar-refractivity contribution in [3.63, 3.8) is 0 Å². The van der Waals surface area contributed by atoms with Crippen LogP contribution in [0.25, 0.3) is 0 Å². The molecule has 0 spiro atoms. The molecule has 1 aromatic carbocycles. The number of alkyl halides is 3. The zero-order valence-electron chi connectivity index (χ0n) is 15.1. The van der Waals surface area contributed by atoms with E-state index < -0.39 is 35.6 Å². The van der Waals surface area contributed by atoms with Gasteiger partial charge in [-0.3, -0.25) is 4.79 Å². The second-order valence-electron chi connectivity index (χ2n) is 6.31. The topological polar surface area (TPSA) is 62.7 Å². The third kappa shape index (κ3) is 4.12. The molecular weight excluding hydrogens is 418 g/mol. The number of likely N-dealkylation sites (N-methyl/N-ethyl adjacent to an activating group) is 1. The Balaban J connectivity index is 1.95. The van der Waals surface area contributed by atoms with Crippen LogP contribution in [0.2, 0.25) is 5.02 Å². The summed E-state index contributed by atoms with van der Waals surface area (Å²) in [6.07, 6.45) is -5.66. The molecule has 0 bridgehead atoms. The van der Waals surface area contributed by atoms with Gasteiger partial charge in [-0.1, -0.05) is 11.6 Å². The third-order valence-electron chi connectivity index (χ3n) is 4.29. The van der Waals surface area contributed by atoms with Gasteiger partial charge in [-0.15, -0.1) is 0 Å². The Hall–Kier alpha value is -2.88. The van der Waals surface area contributed by atoms with Gasteiger partial charge in [0.1, 0.15) is 18.2 Å². The van der Waals surface area contributed by atoms with Crippen LogP contribution in [0.5, 0.6) is 0 Å². The highest BCUT2D eigenvalue weighted by Gasteiger charge is 2.43. The first kappa shape index (κ1) is 20.8. The van der Waals surface area contributed by atoms with Gasteiger partial charge in [-0.2, -0.15) is 13.2 Å². The number of ether oxygens (including phenoxy) is 1. The van der Waals surface area contributed by atoms with Crippen LogP contribution in [0.4, 0.5) is 33.9 Å². The minimum atomic E-state index is -4.66. The van der Waals surface area contributed by atoms with Crippen molar-refractivity contribution in [2.24, 2.45) is 0 Å². The number of aryl methyl sites for hydroxylation is 1. The molecule has 0 saturated carbocycles. The number of pyridine rings is 1. The van der Waals surface area contributed by atoms with Crippen molar-refractivity contribution in [3.8, 4) is 0 Å². The molecule has 1 aliphatic heterocycles. The van der Waals surface area contributed by atoms with E-state index in [4.69, 9.17) is 16.3 Å². The summed E-state index contributed by atoms with van der Waals surface area (Å²) in [7, 11) is 1.36. The summed E-state index contributed by atoms with van der Waals surface area (Å²) in [6, 6.07) is 3.82. The molecule has 11 heteroatoms. The van der Waals surface area contributed by atoms with Gasteiger partial charge in [0.15, 0.2) is 6.04 Å². The van der Waals surface area contributed by atoms with E-state index in [1.54, 1.807) is 0 Å². The van der Waals surface area contributed by atoms with Crippen LogP contribution in [0, 0.1) is 12.7 Å². The van der Waals surface area contributed by atoms with Gasteiger partial charge in [0.2, 0.25) is 0 Å². The molecule has 154 valence electrons. The van der Waals surface area contributed by atoms with Crippen LogP contribution in [0.15, 0.2) is 30.3 Å². The minimum absolute atomic E-state index is 0.0133. The number of rotatable bonds is 3. The number of carbonyl (C=O) groups is 2. The van der Waals surface area contributed by atoms with E-state index in [2.05, 4.69) is 4.98 Å². The number of amides is 2. The van der Waals surface area contributed by atoms with Crippen molar-refractivity contribution < 1.29 is 31.9 Å². The number of anilines is 2. The van der Waals surface area contributed by atoms with Crippen LogP contribution in [-0.4, -0.2) is 36.7 Å². The second kappa shape index (κ2) is 7.51. The van der Waals surface area contributed by atoms with E-state index in [1.165, 1.54) is 26.1 Å². The van der Waals surface area contributed by atoms with Crippen LogP contribution < -0.4 is 9.80 Å². The molecule has 1 unspecified atom stereocenters. The summed E-state index contributed by atoms with van der Waals surface area (Å²) in [4.78, 5) is 30.9. The maximum Gasteiger partial charge on any atom is 0.416 e. The lowest BCUT2D eigenvalue weighted by molar-refractivity contribution is -0.137. The zero-order chi connectivity index (χ0) is 21.5. The van der Waals surface area contributed by atoms with Crippen LogP contribution in [0.3, 0.4) is 0 Å². The molecule has 1 fully saturated rings. The van der Waals surface area contributed by atoms with E-state index >= 15 is 0 Å². The molecule has 0 aliphatic carbocycles. The molecule has 2 heterocycles. The van der Waals surface area contributed by atoms with Crippen LogP contribution in [0.1, 0.15) is 11.3 Å². The number of halogens is 5. The molecule has 2 aromatic rings. The maximum absolute atomic E-state index is 13.4. The highest BCUT2D eigenvalue weighted by Crippen LogP contribution is 2.33. The smallest absolute Gasteiger partial charge is 0.416 e. The predicted octanol–water partition coefficient (Wildman–Crippen LogP) is 4.19. The standard InChI is InChI=1S/C18H14ClF4N3O3/c1-9-5-10(18(21,22)23)6-15(24-9)26-14(8-29-17(26)28)16(27)25(2)11-3-4-13(20)12(19)7-11/h3-7,14H,8H2,1-2H3. The molecule has 6 nitrogen and oxygen atoms in total. The lowest BCUT2D eigenvalue weighted by atomic mass is 10.2. The van der Waals surface area contributed by atoms with Crippen molar-refractivity contribution in [3.05, 3.63) is 52.4 Å². The molecule has 2 amide bonds. The van der Waals surface area contributed by atoms with E-state index in [9.17, 15) is 27.2 Å². The number of hydrogen-bond donors (Lipinski definition) is 0. The summed E-state index contributed by atoms with van der Waals surface area (Å²) in [5.41, 5.74) is -0.766. The molecule has 0 radical (unpaired) electrons. The number of cyclic esters (lactones) is 1. The normalized spacial score (nSPS) is 16.7. The highest BCUT2D eigenvalue weighted by molar-refractivity contribution is 6.31. The number of benzene rings is 1. The summed E-state index contributed by atoms with van der Waals surface area (Å²) < 4.78 is 57.6. The Morgan fingerprint density at radius 2 is 2.00 bits per heavy atom. The monoisotopic (exact) mass is 431 g/mol. The fourth-order valence-corrected chi connectivity index (χ4v) is 3.01. The number of nitrogens with zero attached hydrogens (tertiary/aromatic N) is 3. The quantitative estimate of drug-likeness (QED) is 0.684. The Bertz CT molecular complexity index is 983. The Labute approximate surface area is 167 Å². The Kier molecular flexibility index (Phi) is 5.40. The summed E-state index contributed by atoms with van der Waals surface area (Å²) in [5, 5.41) is -0.215. The minimum Gasteiger partial charge on any atom is -0.446 e. The van der Waals surface area contributed by atoms with Crippen LogP contribution in [-0.2, 0) is 15.7 Å². The molecule has 0 N–H and O–H groups in total. The fourth-order valence-electron chi connectivity index (χ4n) is 2.84. The maximum atomic E-state index is 13.4.